The van der Waals surface area contributed by atoms with Crippen LogP contribution in [0.25, 0.3) is 5.65 Å². The van der Waals surface area contributed by atoms with Crippen LogP contribution in [-0.4, -0.2) is 19.3 Å². The molecular formula is C11H10N4O2. The van der Waals surface area contributed by atoms with E-state index in [9.17, 15) is 4.79 Å². The Morgan fingerprint density at radius 3 is 3.00 bits per heavy atom. The molecule has 0 radical (unpaired) electrons. The summed E-state index contributed by atoms with van der Waals surface area (Å²) in [5.41, 5.74) is 1.13. The molecule has 0 spiro atoms. The Hall–Kier alpha value is -2.37. The van der Waals surface area contributed by atoms with Gasteiger partial charge in [0.25, 0.3) is 0 Å². The largest absolute Gasteiger partial charge is 0.361 e. The summed E-state index contributed by atoms with van der Waals surface area (Å²) in [5.74, 6) is 0.719. The zero-order valence-corrected chi connectivity index (χ0v) is 9.20. The second-order valence-electron chi connectivity index (χ2n) is 3.80. The molecule has 6 nitrogen and oxygen atoms in total. The predicted octanol–water partition coefficient (Wildman–Crippen LogP) is 0.841. The number of fused-ring (bicyclic) bond motifs is 1. The van der Waals surface area contributed by atoms with Crippen molar-refractivity contribution in [1.29, 1.82) is 0 Å². The number of hydrogen-bond donors (Lipinski definition) is 0. The van der Waals surface area contributed by atoms with Crippen molar-refractivity contribution < 1.29 is 4.52 Å². The van der Waals surface area contributed by atoms with E-state index in [4.69, 9.17) is 4.52 Å². The lowest BCUT2D eigenvalue weighted by molar-refractivity contribution is 0.387. The van der Waals surface area contributed by atoms with Crippen molar-refractivity contribution in [3.05, 3.63) is 52.4 Å². The quantitative estimate of drug-likeness (QED) is 0.654. The lowest BCUT2D eigenvalue weighted by Crippen LogP contribution is -2.21. The molecule has 0 saturated heterocycles. The van der Waals surface area contributed by atoms with Gasteiger partial charge in [0, 0.05) is 12.3 Å². The summed E-state index contributed by atoms with van der Waals surface area (Å²) in [6.45, 7) is 2.13. The zero-order valence-electron chi connectivity index (χ0n) is 9.20. The second-order valence-corrected chi connectivity index (χ2v) is 3.80. The van der Waals surface area contributed by atoms with Crippen LogP contribution in [0.1, 0.15) is 11.5 Å². The van der Waals surface area contributed by atoms with Crippen molar-refractivity contribution in [2.75, 3.05) is 0 Å². The van der Waals surface area contributed by atoms with Gasteiger partial charge in [0.1, 0.15) is 11.5 Å². The predicted molar refractivity (Wildman–Crippen MR) is 59.8 cm³/mol. The normalized spacial score (nSPS) is 11.1. The fourth-order valence-electron chi connectivity index (χ4n) is 1.72. The lowest BCUT2D eigenvalue weighted by atomic mass is 10.4. The molecule has 0 bridgehead atoms. The standard InChI is InChI=1S/C11H10N4O2/c1-8-6-9(13-17-8)7-15-11(16)14-5-3-2-4-10(14)12-15/h2-6H,7H2,1H3. The maximum atomic E-state index is 11.9. The van der Waals surface area contributed by atoms with Crippen molar-refractivity contribution in [2.24, 2.45) is 0 Å². The fraction of sp³-hybridized carbons (Fsp3) is 0.182. The Morgan fingerprint density at radius 2 is 2.29 bits per heavy atom. The van der Waals surface area contributed by atoms with Gasteiger partial charge >= 0.3 is 5.69 Å². The molecule has 6 heteroatoms. The van der Waals surface area contributed by atoms with Crippen molar-refractivity contribution in [3.63, 3.8) is 0 Å². The average Bonchev–Trinajstić information content (AvgIpc) is 2.86. The number of nitrogens with zero attached hydrogens (tertiary/aromatic N) is 4. The van der Waals surface area contributed by atoms with Gasteiger partial charge in [0.2, 0.25) is 0 Å². The van der Waals surface area contributed by atoms with Gasteiger partial charge in [-0.15, -0.1) is 5.10 Å². The van der Waals surface area contributed by atoms with E-state index in [-0.39, 0.29) is 5.69 Å². The van der Waals surface area contributed by atoms with Gasteiger partial charge in [0.15, 0.2) is 5.65 Å². The molecule has 0 saturated carbocycles. The molecule has 0 aliphatic heterocycles. The van der Waals surface area contributed by atoms with Crippen LogP contribution in [0.3, 0.4) is 0 Å². The first-order valence-corrected chi connectivity index (χ1v) is 5.20. The summed E-state index contributed by atoms with van der Waals surface area (Å²) < 4.78 is 7.81. The Kier molecular flexibility index (Phi) is 2.07. The van der Waals surface area contributed by atoms with Crippen LogP contribution in [-0.2, 0) is 6.54 Å². The van der Waals surface area contributed by atoms with Gasteiger partial charge in [-0.3, -0.25) is 4.40 Å². The first-order chi connectivity index (χ1) is 8.24. The van der Waals surface area contributed by atoms with Crippen molar-refractivity contribution in [1.82, 2.24) is 19.3 Å². The fourth-order valence-corrected chi connectivity index (χ4v) is 1.72. The Labute approximate surface area is 96.1 Å². The summed E-state index contributed by atoms with van der Waals surface area (Å²) in [6, 6.07) is 7.20. The molecular weight excluding hydrogens is 220 g/mol. The van der Waals surface area contributed by atoms with Gasteiger partial charge in [-0.1, -0.05) is 11.2 Å². The highest BCUT2D eigenvalue weighted by molar-refractivity contribution is 5.35. The zero-order chi connectivity index (χ0) is 11.8. The molecule has 0 unspecified atom stereocenters. The molecule has 3 heterocycles. The van der Waals surface area contributed by atoms with E-state index in [1.807, 2.05) is 13.0 Å². The minimum Gasteiger partial charge on any atom is -0.361 e. The van der Waals surface area contributed by atoms with E-state index in [0.29, 0.717) is 17.9 Å². The SMILES string of the molecule is Cc1cc(Cn2nc3ccccn3c2=O)no1. The molecule has 0 atom stereocenters. The number of hydrogen-bond acceptors (Lipinski definition) is 4. The van der Waals surface area contributed by atoms with Crippen molar-refractivity contribution in [2.45, 2.75) is 13.5 Å². The van der Waals surface area contributed by atoms with Gasteiger partial charge in [-0.2, -0.15) is 0 Å². The molecule has 3 aromatic heterocycles. The first kappa shape index (κ1) is 9.83. The molecule has 0 aliphatic carbocycles. The van der Waals surface area contributed by atoms with Crippen LogP contribution < -0.4 is 5.69 Å². The topological polar surface area (TPSA) is 65.3 Å². The van der Waals surface area contributed by atoms with Gasteiger partial charge in [-0.05, 0) is 19.1 Å². The summed E-state index contributed by atoms with van der Waals surface area (Å²) in [5, 5.41) is 8.04. The molecule has 0 aliphatic rings. The van der Waals surface area contributed by atoms with Gasteiger partial charge in [-0.25, -0.2) is 9.48 Å². The summed E-state index contributed by atoms with van der Waals surface area (Å²) in [6.07, 6.45) is 1.69. The minimum absolute atomic E-state index is 0.179. The van der Waals surface area contributed by atoms with E-state index < -0.39 is 0 Å². The van der Waals surface area contributed by atoms with Crippen molar-refractivity contribution >= 4 is 5.65 Å². The van der Waals surface area contributed by atoms with Crippen LogP contribution in [0.4, 0.5) is 0 Å². The van der Waals surface area contributed by atoms with Crippen LogP contribution in [0.2, 0.25) is 0 Å². The third-order valence-corrected chi connectivity index (χ3v) is 2.48. The highest BCUT2D eigenvalue weighted by atomic mass is 16.5. The molecule has 0 amide bonds. The molecule has 0 N–H and O–H groups in total. The first-order valence-electron chi connectivity index (χ1n) is 5.20. The van der Waals surface area contributed by atoms with E-state index in [1.165, 1.54) is 9.08 Å². The number of pyridine rings is 1. The van der Waals surface area contributed by atoms with Gasteiger partial charge in [0.05, 0.1) is 6.54 Å². The summed E-state index contributed by atoms with van der Waals surface area (Å²) >= 11 is 0. The van der Waals surface area contributed by atoms with Crippen LogP contribution in [0.5, 0.6) is 0 Å². The monoisotopic (exact) mass is 230 g/mol. The molecule has 0 aromatic carbocycles. The highest BCUT2D eigenvalue weighted by Gasteiger charge is 2.08. The van der Waals surface area contributed by atoms with E-state index >= 15 is 0 Å². The maximum absolute atomic E-state index is 11.9. The lowest BCUT2D eigenvalue weighted by Gasteiger charge is -1.92. The molecule has 3 rings (SSSR count). The number of rotatable bonds is 2. The van der Waals surface area contributed by atoms with Crippen molar-refractivity contribution in [3.8, 4) is 0 Å². The Morgan fingerprint density at radius 1 is 1.41 bits per heavy atom. The third-order valence-electron chi connectivity index (χ3n) is 2.48. The minimum atomic E-state index is -0.179. The van der Waals surface area contributed by atoms with Gasteiger partial charge < -0.3 is 4.52 Å². The van der Waals surface area contributed by atoms with Crippen LogP contribution >= 0.6 is 0 Å². The van der Waals surface area contributed by atoms with E-state index in [0.717, 1.165) is 5.76 Å². The number of aryl methyl sites for hydroxylation is 1. The maximum Gasteiger partial charge on any atom is 0.350 e. The summed E-state index contributed by atoms with van der Waals surface area (Å²) in [4.78, 5) is 11.9. The Bertz CT molecular complexity index is 722. The molecule has 3 aromatic rings. The number of aromatic nitrogens is 4. The average molecular weight is 230 g/mol. The highest BCUT2D eigenvalue weighted by Crippen LogP contribution is 2.03. The molecule has 86 valence electrons. The third kappa shape index (κ3) is 1.63. The van der Waals surface area contributed by atoms with E-state index in [2.05, 4.69) is 10.3 Å². The van der Waals surface area contributed by atoms with Crippen LogP contribution in [0, 0.1) is 6.92 Å². The summed E-state index contributed by atoms with van der Waals surface area (Å²) in [7, 11) is 0. The van der Waals surface area contributed by atoms with Crippen LogP contribution in [0.15, 0.2) is 39.8 Å². The molecule has 17 heavy (non-hydrogen) atoms. The second kappa shape index (κ2) is 3.58. The Balaban J connectivity index is 2.06. The molecule has 0 fully saturated rings. The van der Waals surface area contributed by atoms with E-state index in [1.54, 1.807) is 24.4 Å². The smallest absolute Gasteiger partial charge is 0.350 e.